The Hall–Kier alpha value is -5.08. The fourth-order valence-corrected chi connectivity index (χ4v) is 5.56. The molecule has 6 aromatic carbocycles. The summed E-state index contributed by atoms with van der Waals surface area (Å²) in [4.78, 5) is 0. The van der Waals surface area contributed by atoms with E-state index >= 15 is 0 Å². The molecule has 38 heavy (non-hydrogen) atoms. The molecule has 2 aromatic heterocycles. The fraction of sp³-hybridized carbons (Fsp3) is 0. The third kappa shape index (κ3) is 3.14. The molecule has 2 nitrogen and oxygen atoms in total. The first kappa shape index (κ1) is 17.4. The Morgan fingerprint density at radius 3 is 1.92 bits per heavy atom. The zero-order valence-electron chi connectivity index (χ0n) is 24.2. The number of furan rings is 2. The van der Waals surface area contributed by atoms with Crippen LogP contribution in [0, 0.1) is 0 Å². The van der Waals surface area contributed by atoms with Crippen molar-refractivity contribution in [2.24, 2.45) is 0 Å². The maximum atomic E-state index is 9.13. The van der Waals surface area contributed by atoms with Crippen molar-refractivity contribution in [3.63, 3.8) is 0 Å². The molecule has 8 aromatic rings. The van der Waals surface area contributed by atoms with E-state index < -0.39 is 0 Å². The first-order valence-electron chi connectivity index (χ1n) is 14.5. The standard InChI is InChI=1S/C36H22O2/c1-2-11-23(12-3-1)35-25-14-5-7-16-27(25)36(28-17-8-6-15-26(28)35)29-18-10-20-32-30(29)22-34(38-32)33-21-24-13-4-9-19-31(24)37-33/h1-22H/i5D,7D,14D,16D. The normalized spacial score (nSPS) is 13.2. The summed E-state index contributed by atoms with van der Waals surface area (Å²) in [5.41, 5.74) is 4.69. The predicted molar refractivity (Wildman–Crippen MR) is 157 cm³/mol. The molecule has 0 aliphatic carbocycles. The van der Waals surface area contributed by atoms with Gasteiger partial charge in [-0.3, -0.25) is 0 Å². The smallest absolute Gasteiger partial charge is 0.170 e. The molecular formula is C36H22O2. The molecule has 0 radical (unpaired) electrons. The first-order valence-corrected chi connectivity index (χ1v) is 12.5. The molecule has 0 amide bonds. The van der Waals surface area contributed by atoms with E-state index in [0.717, 1.165) is 49.4 Å². The van der Waals surface area contributed by atoms with Gasteiger partial charge in [-0.2, -0.15) is 0 Å². The molecular weight excluding hydrogens is 464 g/mol. The van der Waals surface area contributed by atoms with Gasteiger partial charge in [0.1, 0.15) is 11.2 Å². The average molecular weight is 491 g/mol. The second-order valence-electron chi connectivity index (χ2n) is 9.39. The SMILES string of the molecule is [2H]c1c([2H])c([2H])c2c(-c3cccc4oc(-c5cc6ccccc6o5)cc34)c3ccccc3c(-c3ccccc3)c2c1[2H]. The van der Waals surface area contributed by atoms with Gasteiger partial charge in [0.2, 0.25) is 0 Å². The van der Waals surface area contributed by atoms with Crippen molar-refractivity contribution >= 4 is 43.5 Å². The number of fused-ring (bicyclic) bond motifs is 4. The third-order valence-electron chi connectivity index (χ3n) is 7.21. The Bertz CT molecular complexity index is 2320. The van der Waals surface area contributed by atoms with Gasteiger partial charge in [-0.15, -0.1) is 0 Å². The zero-order chi connectivity index (χ0) is 28.5. The summed E-state index contributed by atoms with van der Waals surface area (Å²) in [6, 6.07) is 34.7. The highest BCUT2D eigenvalue weighted by Crippen LogP contribution is 2.46. The number of rotatable bonds is 3. The van der Waals surface area contributed by atoms with Crippen molar-refractivity contribution in [1.82, 2.24) is 0 Å². The maximum Gasteiger partial charge on any atom is 0.170 e. The number of hydrogen-bond donors (Lipinski definition) is 0. The topological polar surface area (TPSA) is 26.3 Å². The van der Waals surface area contributed by atoms with Crippen LogP contribution in [0.25, 0.3) is 77.3 Å². The van der Waals surface area contributed by atoms with Crippen LogP contribution in [0.3, 0.4) is 0 Å². The minimum Gasteiger partial charge on any atom is -0.453 e. The predicted octanol–water partition coefficient (Wildman–Crippen LogP) is 10.5. The highest BCUT2D eigenvalue weighted by Gasteiger charge is 2.20. The number of para-hydroxylation sites is 1. The molecule has 0 N–H and O–H groups in total. The van der Waals surface area contributed by atoms with E-state index in [2.05, 4.69) is 0 Å². The van der Waals surface area contributed by atoms with E-state index in [0.29, 0.717) is 27.9 Å². The monoisotopic (exact) mass is 490 g/mol. The summed E-state index contributed by atoms with van der Waals surface area (Å²) in [5.74, 6) is 1.21. The van der Waals surface area contributed by atoms with Crippen molar-refractivity contribution in [3.05, 3.63) is 133 Å². The van der Waals surface area contributed by atoms with Crippen LogP contribution in [-0.2, 0) is 0 Å². The lowest BCUT2D eigenvalue weighted by Crippen LogP contribution is -1.90. The van der Waals surface area contributed by atoms with E-state index in [-0.39, 0.29) is 24.2 Å². The average Bonchev–Trinajstić information content (AvgIpc) is 3.67. The van der Waals surface area contributed by atoms with Gasteiger partial charge in [-0.1, -0.05) is 109 Å². The molecule has 0 spiro atoms. The van der Waals surface area contributed by atoms with Crippen molar-refractivity contribution < 1.29 is 14.3 Å². The lowest BCUT2D eigenvalue weighted by molar-refractivity contribution is 0.569. The van der Waals surface area contributed by atoms with Crippen LogP contribution in [0.5, 0.6) is 0 Å². The Kier molecular flexibility index (Phi) is 3.76. The molecule has 8 rings (SSSR count). The van der Waals surface area contributed by atoms with Crippen LogP contribution in [0.1, 0.15) is 5.48 Å². The van der Waals surface area contributed by atoms with E-state index in [1.54, 1.807) is 0 Å². The van der Waals surface area contributed by atoms with E-state index in [1.165, 1.54) is 0 Å². The van der Waals surface area contributed by atoms with Crippen molar-refractivity contribution in [1.29, 1.82) is 0 Å². The lowest BCUT2D eigenvalue weighted by atomic mass is 9.85. The third-order valence-corrected chi connectivity index (χ3v) is 7.21. The van der Waals surface area contributed by atoms with Gasteiger partial charge < -0.3 is 8.83 Å². The second kappa shape index (κ2) is 8.22. The van der Waals surface area contributed by atoms with Crippen LogP contribution < -0.4 is 0 Å². The molecule has 2 heterocycles. The van der Waals surface area contributed by atoms with Gasteiger partial charge in [0.25, 0.3) is 0 Å². The fourth-order valence-electron chi connectivity index (χ4n) is 5.56. The maximum absolute atomic E-state index is 9.13. The van der Waals surface area contributed by atoms with Gasteiger partial charge in [-0.05, 0) is 68.1 Å². The van der Waals surface area contributed by atoms with Crippen LogP contribution in [-0.4, -0.2) is 0 Å². The molecule has 0 fully saturated rings. The highest BCUT2D eigenvalue weighted by atomic mass is 16.4. The Morgan fingerprint density at radius 2 is 1.11 bits per heavy atom. The summed E-state index contributed by atoms with van der Waals surface area (Å²) in [6.07, 6.45) is 0. The van der Waals surface area contributed by atoms with Crippen molar-refractivity contribution in [2.45, 2.75) is 0 Å². The molecule has 0 bridgehead atoms. The van der Waals surface area contributed by atoms with Gasteiger partial charge in [0.15, 0.2) is 11.5 Å². The molecule has 0 aliphatic rings. The largest absolute Gasteiger partial charge is 0.453 e. The summed E-state index contributed by atoms with van der Waals surface area (Å²) >= 11 is 0. The minimum absolute atomic E-state index is 0.0563. The van der Waals surface area contributed by atoms with Crippen LogP contribution >= 0.6 is 0 Å². The van der Waals surface area contributed by atoms with E-state index in [1.807, 2.05) is 109 Å². The second-order valence-corrected chi connectivity index (χ2v) is 9.39. The molecule has 0 saturated carbocycles. The summed E-state index contributed by atoms with van der Waals surface area (Å²) < 4.78 is 47.8. The Labute approximate surface area is 225 Å². The number of benzene rings is 6. The minimum atomic E-state index is -0.259. The van der Waals surface area contributed by atoms with Crippen molar-refractivity contribution in [2.75, 3.05) is 0 Å². The van der Waals surface area contributed by atoms with Crippen LogP contribution in [0.2, 0.25) is 0 Å². The van der Waals surface area contributed by atoms with E-state index in [9.17, 15) is 0 Å². The zero-order valence-corrected chi connectivity index (χ0v) is 20.2. The summed E-state index contributed by atoms with van der Waals surface area (Å²) in [7, 11) is 0. The summed E-state index contributed by atoms with van der Waals surface area (Å²) in [6.45, 7) is 0. The van der Waals surface area contributed by atoms with Gasteiger partial charge in [-0.25, -0.2) is 0 Å². The molecule has 2 heteroatoms. The highest BCUT2D eigenvalue weighted by molar-refractivity contribution is 6.23. The molecule has 0 atom stereocenters. The summed E-state index contributed by atoms with van der Waals surface area (Å²) in [5, 5.41) is 4.61. The molecule has 0 aliphatic heterocycles. The molecule has 0 unspecified atom stereocenters. The van der Waals surface area contributed by atoms with Gasteiger partial charge >= 0.3 is 0 Å². The molecule has 0 saturated heterocycles. The van der Waals surface area contributed by atoms with E-state index in [4.69, 9.17) is 14.3 Å². The Morgan fingerprint density at radius 1 is 0.474 bits per heavy atom. The molecule has 178 valence electrons. The quantitative estimate of drug-likeness (QED) is 0.230. The lowest BCUT2D eigenvalue weighted by Gasteiger charge is -2.18. The van der Waals surface area contributed by atoms with Gasteiger partial charge in [0.05, 0.1) is 5.48 Å². The Balaban J connectivity index is 1.52. The number of hydrogen-bond acceptors (Lipinski definition) is 2. The first-order chi connectivity index (χ1) is 20.5. The van der Waals surface area contributed by atoms with Gasteiger partial charge in [0, 0.05) is 10.8 Å². The van der Waals surface area contributed by atoms with Crippen LogP contribution in [0.15, 0.2) is 142 Å². The van der Waals surface area contributed by atoms with Crippen molar-refractivity contribution in [3.8, 4) is 33.8 Å². The van der Waals surface area contributed by atoms with Crippen LogP contribution in [0.4, 0.5) is 0 Å².